The smallest absolute Gasteiger partial charge is 0.288 e. The van der Waals surface area contributed by atoms with Crippen molar-refractivity contribution in [3.8, 4) is 0 Å². The lowest BCUT2D eigenvalue weighted by Gasteiger charge is -2.02. The van der Waals surface area contributed by atoms with E-state index in [0.29, 0.717) is 12.1 Å². The molecule has 0 aromatic carbocycles. The van der Waals surface area contributed by atoms with Crippen LogP contribution in [-0.4, -0.2) is 17.8 Å². The molecule has 0 aliphatic heterocycles. The van der Waals surface area contributed by atoms with Gasteiger partial charge in [0.2, 0.25) is 0 Å². The van der Waals surface area contributed by atoms with Crippen LogP contribution in [0.2, 0.25) is 0 Å². The summed E-state index contributed by atoms with van der Waals surface area (Å²) in [6.45, 7) is 3.86. The summed E-state index contributed by atoms with van der Waals surface area (Å²) in [5.74, 6) is 0.209. The third-order valence-corrected chi connectivity index (χ3v) is 3.28. The summed E-state index contributed by atoms with van der Waals surface area (Å²) in [7, 11) is -4.76. The highest BCUT2D eigenvalue weighted by Gasteiger charge is 2.24. The van der Waals surface area contributed by atoms with Crippen LogP contribution in [0.1, 0.15) is 19.5 Å². The van der Waals surface area contributed by atoms with Crippen molar-refractivity contribution >= 4 is 15.9 Å². The van der Waals surface area contributed by atoms with E-state index in [2.05, 4.69) is 4.98 Å². The summed E-state index contributed by atoms with van der Waals surface area (Å²) >= 11 is 0. The summed E-state index contributed by atoms with van der Waals surface area (Å²) in [6.07, 6.45) is 1.93. The Balaban J connectivity index is 2.74. The largest absolute Gasteiger partial charge is 0.350 e. The maximum absolute atomic E-state index is 13.3. The molecule has 0 fully saturated rings. The maximum Gasteiger partial charge on any atom is 0.350 e. The van der Waals surface area contributed by atoms with Crippen LogP contribution in [0.25, 0.3) is 5.65 Å². The Morgan fingerprint density at radius 1 is 1.41 bits per heavy atom. The molecule has 6 heteroatoms. The first-order chi connectivity index (χ1) is 7.89. The number of pyridine rings is 1. The Morgan fingerprint density at radius 3 is 2.71 bits per heavy atom. The van der Waals surface area contributed by atoms with Crippen molar-refractivity contribution in [1.29, 1.82) is 0 Å². The fourth-order valence-corrected chi connectivity index (χ4v) is 2.60. The van der Waals surface area contributed by atoms with Gasteiger partial charge >= 0.3 is 10.2 Å². The molecular weight excluding hydrogens is 243 g/mol. The molecule has 2 aromatic heterocycles. The number of hydrogen-bond donors (Lipinski definition) is 0. The number of nitrogens with zero attached hydrogens (tertiary/aromatic N) is 2. The first-order valence-electron chi connectivity index (χ1n) is 5.30. The topological polar surface area (TPSA) is 51.4 Å². The number of rotatable bonds is 3. The highest BCUT2D eigenvalue weighted by atomic mass is 32.3. The second kappa shape index (κ2) is 4.10. The molecule has 2 rings (SSSR count). The first kappa shape index (κ1) is 12.0. The third kappa shape index (κ3) is 2.31. The maximum atomic E-state index is 13.3. The Morgan fingerprint density at radius 2 is 2.12 bits per heavy atom. The summed E-state index contributed by atoms with van der Waals surface area (Å²) in [5, 5.41) is -0.346. The molecule has 0 aliphatic carbocycles. The summed E-state index contributed by atoms with van der Waals surface area (Å²) in [5.41, 5.74) is 0.730. The quantitative estimate of drug-likeness (QED) is 0.791. The lowest BCUT2D eigenvalue weighted by molar-refractivity contribution is 0.541. The van der Waals surface area contributed by atoms with Crippen LogP contribution in [0.4, 0.5) is 3.89 Å². The van der Waals surface area contributed by atoms with Crippen LogP contribution in [0, 0.1) is 5.92 Å². The third-order valence-electron chi connectivity index (χ3n) is 2.39. The highest BCUT2D eigenvalue weighted by Crippen LogP contribution is 2.22. The van der Waals surface area contributed by atoms with Crippen LogP contribution >= 0.6 is 0 Å². The standard InChI is InChI=1S/C11H13FN2O2S/c1-8(2)7-9-11(17(12,15)16)14-6-4-3-5-10(14)13-9/h3-6,8H,7H2,1-2H3. The molecule has 0 radical (unpaired) electrons. The fourth-order valence-electron chi connectivity index (χ4n) is 1.80. The molecule has 0 spiro atoms. The molecule has 0 atom stereocenters. The molecule has 4 nitrogen and oxygen atoms in total. The van der Waals surface area contributed by atoms with Crippen LogP contribution in [0.5, 0.6) is 0 Å². The Bertz CT molecular complexity index is 647. The molecular formula is C11H13FN2O2S. The van der Waals surface area contributed by atoms with Gasteiger partial charge in [-0.2, -0.15) is 8.42 Å². The van der Waals surface area contributed by atoms with Gasteiger partial charge in [0.15, 0.2) is 5.03 Å². The van der Waals surface area contributed by atoms with Crippen molar-refractivity contribution in [2.45, 2.75) is 25.3 Å². The lowest BCUT2D eigenvalue weighted by Crippen LogP contribution is -2.04. The molecule has 2 aromatic rings. The minimum Gasteiger partial charge on any atom is -0.288 e. The zero-order chi connectivity index (χ0) is 12.6. The highest BCUT2D eigenvalue weighted by molar-refractivity contribution is 7.86. The number of imidazole rings is 1. The van der Waals surface area contributed by atoms with E-state index in [4.69, 9.17) is 0 Å². The molecule has 0 amide bonds. The van der Waals surface area contributed by atoms with Gasteiger partial charge in [0.05, 0.1) is 5.69 Å². The van der Waals surface area contributed by atoms with Gasteiger partial charge in [0.1, 0.15) is 5.65 Å². The number of halogens is 1. The van der Waals surface area contributed by atoms with E-state index in [0.717, 1.165) is 0 Å². The minimum atomic E-state index is -4.76. The molecule has 0 unspecified atom stereocenters. The van der Waals surface area contributed by atoms with Gasteiger partial charge in [0, 0.05) is 6.20 Å². The second-order valence-corrected chi connectivity index (χ2v) is 5.59. The van der Waals surface area contributed by atoms with Gasteiger partial charge in [-0.3, -0.25) is 4.40 Å². The lowest BCUT2D eigenvalue weighted by atomic mass is 10.1. The predicted octanol–water partition coefficient (Wildman–Crippen LogP) is 2.19. The minimum absolute atomic E-state index is 0.209. The zero-order valence-corrected chi connectivity index (χ0v) is 10.4. The van der Waals surface area contributed by atoms with Crippen molar-refractivity contribution in [2.24, 2.45) is 5.92 Å². The second-order valence-electron chi connectivity index (χ2n) is 4.33. The van der Waals surface area contributed by atoms with Crippen molar-refractivity contribution in [3.63, 3.8) is 0 Å². The van der Waals surface area contributed by atoms with Crippen molar-refractivity contribution < 1.29 is 12.3 Å². The zero-order valence-electron chi connectivity index (χ0n) is 9.59. The van der Waals surface area contributed by atoms with E-state index in [-0.39, 0.29) is 16.6 Å². The SMILES string of the molecule is CC(C)Cc1nc2ccccn2c1S(=O)(=O)F. The average Bonchev–Trinajstić information content (AvgIpc) is 2.53. The molecule has 0 aliphatic rings. The van der Waals surface area contributed by atoms with Crippen LogP contribution < -0.4 is 0 Å². The summed E-state index contributed by atoms with van der Waals surface area (Å²) < 4.78 is 36.9. The van der Waals surface area contributed by atoms with Crippen LogP contribution in [0.3, 0.4) is 0 Å². The number of aromatic nitrogens is 2. The average molecular weight is 256 g/mol. The van der Waals surface area contributed by atoms with Gasteiger partial charge in [0.25, 0.3) is 0 Å². The molecule has 2 heterocycles. The van der Waals surface area contributed by atoms with Crippen LogP contribution in [-0.2, 0) is 16.6 Å². The van der Waals surface area contributed by atoms with E-state index in [1.165, 1.54) is 10.6 Å². The van der Waals surface area contributed by atoms with E-state index in [1.807, 2.05) is 13.8 Å². The van der Waals surface area contributed by atoms with Gasteiger partial charge in [-0.25, -0.2) is 4.98 Å². The van der Waals surface area contributed by atoms with E-state index in [1.54, 1.807) is 18.2 Å². The van der Waals surface area contributed by atoms with E-state index >= 15 is 0 Å². The predicted molar refractivity (Wildman–Crippen MR) is 62.0 cm³/mol. The molecule has 0 bridgehead atoms. The van der Waals surface area contributed by atoms with E-state index in [9.17, 15) is 12.3 Å². The van der Waals surface area contributed by atoms with Crippen LogP contribution in [0.15, 0.2) is 29.4 Å². The Kier molecular flexibility index (Phi) is 2.91. The monoisotopic (exact) mass is 256 g/mol. The van der Waals surface area contributed by atoms with Gasteiger partial charge in [-0.1, -0.05) is 23.8 Å². The Labute approximate surface area is 99.3 Å². The normalized spacial score (nSPS) is 12.5. The number of hydrogen-bond acceptors (Lipinski definition) is 3. The van der Waals surface area contributed by atoms with Gasteiger partial charge < -0.3 is 0 Å². The van der Waals surface area contributed by atoms with Gasteiger partial charge in [-0.15, -0.1) is 0 Å². The summed E-state index contributed by atoms with van der Waals surface area (Å²) in [4.78, 5) is 4.16. The summed E-state index contributed by atoms with van der Waals surface area (Å²) in [6, 6.07) is 5.02. The van der Waals surface area contributed by atoms with Crippen molar-refractivity contribution in [1.82, 2.24) is 9.38 Å². The fraction of sp³-hybridized carbons (Fsp3) is 0.364. The van der Waals surface area contributed by atoms with E-state index < -0.39 is 10.2 Å². The molecule has 92 valence electrons. The molecule has 0 N–H and O–H groups in total. The first-order valence-corrected chi connectivity index (χ1v) is 6.68. The molecule has 17 heavy (non-hydrogen) atoms. The molecule has 0 saturated heterocycles. The molecule has 0 saturated carbocycles. The number of fused-ring (bicyclic) bond motifs is 1. The van der Waals surface area contributed by atoms with Crippen molar-refractivity contribution in [2.75, 3.05) is 0 Å². The Hall–Kier alpha value is -1.43. The van der Waals surface area contributed by atoms with Gasteiger partial charge in [-0.05, 0) is 24.5 Å². The van der Waals surface area contributed by atoms with Crippen molar-refractivity contribution in [3.05, 3.63) is 30.1 Å².